The van der Waals surface area contributed by atoms with Crippen molar-refractivity contribution in [2.45, 2.75) is 19.0 Å². The lowest BCUT2D eigenvalue weighted by Crippen LogP contribution is -2.32. The van der Waals surface area contributed by atoms with Gasteiger partial charge in [0.15, 0.2) is 5.65 Å². The molecule has 3 aromatic heterocycles. The Balaban J connectivity index is 1.65. The van der Waals surface area contributed by atoms with Gasteiger partial charge in [-0.15, -0.1) is 0 Å². The maximum absolute atomic E-state index is 13.0. The summed E-state index contributed by atoms with van der Waals surface area (Å²) in [5, 5.41) is 0. The third-order valence-corrected chi connectivity index (χ3v) is 4.97. The fourth-order valence-corrected chi connectivity index (χ4v) is 3.65. The monoisotopic (exact) mass is 367 g/mol. The van der Waals surface area contributed by atoms with Gasteiger partial charge in [-0.25, -0.2) is 9.78 Å². The highest BCUT2D eigenvalue weighted by Crippen LogP contribution is 2.25. The van der Waals surface area contributed by atoms with Gasteiger partial charge in [-0.1, -0.05) is 0 Å². The van der Waals surface area contributed by atoms with Gasteiger partial charge in [-0.05, 0) is 30.7 Å². The van der Waals surface area contributed by atoms with E-state index in [9.17, 15) is 9.59 Å². The molecule has 1 saturated heterocycles. The van der Waals surface area contributed by atoms with Gasteiger partial charge in [0.25, 0.3) is 5.91 Å². The number of nitrogens with zero attached hydrogens (tertiary/aromatic N) is 5. The number of fused-ring (bicyclic) bond motifs is 1. The molecule has 1 atom stereocenters. The Hall–Kier alpha value is -3.00. The lowest BCUT2D eigenvalue weighted by molar-refractivity contribution is 0.0787. The highest BCUT2D eigenvalue weighted by molar-refractivity contribution is 5.94. The van der Waals surface area contributed by atoms with Crippen molar-refractivity contribution >= 4 is 17.1 Å². The molecule has 4 heterocycles. The third-order valence-electron chi connectivity index (χ3n) is 4.97. The molecule has 0 unspecified atom stereocenters. The van der Waals surface area contributed by atoms with Crippen LogP contribution in [0.3, 0.4) is 0 Å². The van der Waals surface area contributed by atoms with Gasteiger partial charge in [0.2, 0.25) is 0 Å². The van der Waals surface area contributed by atoms with Crippen LogP contribution in [0.2, 0.25) is 0 Å². The summed E-state index contributed by atoms with van der Waals surface area (Å²) in [5.41, 5.74) is 1.89. The Labute approximate surface area is 156 Å². The Morgan fingerprint density at radius 3 is 2.93 bits per heavy atom. The lowest BCUT2D eigenvalue weighted by atomic mass is 10.2. The van der Waals surface area contributed by atoms with Gasteiger partial charge in [-0.3, -0.25) is 18.9 Å². The predicted molar refractivity (Wildman–Crippen MR) is 99.7 cm³/mol. The van der Waals surface area contributed by atoms with Crippen molar-refractivity contribution in [3.63, 3.8) is 0 Å². The molecular formula is C19H21N5O3. The molecule has 0 aliphatic carbocycles. The summed E-state index contributed by atoms with van der Waals surface area (Å²) in [6, 6.07) is 7.12. The van der Waals surface area contributed by atoms with Crippen LogP contribution in [0, 0.1) is 0 Å². The molecule has 0 radical (unpaired) electrons. The summed E-state index contributed by atoms with van der Waals surface area (Å²) >= 11 is 0. The van der Waals surface area contributed by atoms with E-state index in [0.29, 0.717) is 43.9 Å². The van der Waals surface area contributed by atoms with Gasteiger partial charge in [0.1, 0.15) is 0 Å². The molecule has 3 aromatic rings. The number of aromatic nitrogens is 4. The number of hydrogen-bond acceptors (Lipinski definition) is 5. The quantitative estimate of drug-likeness (QED) is 0.679. The van der Waals surface area contributed by atoms with E-state index in [4.69, 9.17) is 4.74 Å². The first-order chi connectivity index (χ1) is 13.2. The molecule has 140 valence electrons. The molecule has 4 rings (SSSR count). The van der Waals surface area contributed by atoms with Crippen molar-refractivity contribution in [1.29, 1.82) is 0 Å². The maximum atomic E-state index is 13.0. The SMILES string of the molecule is COCCn1c(=O)n([C@@H]2CCN(C(=O)c3cccnc3)C2)c2ncccc21. The number of carbonyl (C=O) groups excluding carboxylic acids is 1. The number of imidazole rings is 1. The van der Waals surface area contributed by atoms with Crippen molar-refractivity contribution in [2.24, 2.45) is 0 Å². The number of likely N-dealkylation sites (tertiary alicyclic amines) is 1. The Kier molecular flexibility index (Phi) is 4.72. The van der Waals surface area contributed by atoms with E-state index in [0.717, 1.165) is 5.52 Å². The minimum atomic E-state index is -0.110. The van der Waals surface area contributed by atoms with Gasteiger partial charge in [0, 0.05) is 38.8 Å². The Morgan fingerprint density at radius 1 is 1.30 bits per heavy atom. The van der Waals surface area contributed by atoms with E-state index in [1.54, 1.807) is 51.9 Å². The summed E-state index contributed by atoms with van der Waals surface area (Å²) < 4.78 is 8.55. The van der Waals surface area contributed by atoms with Crippen molar-refractivity contribution in [3.8, 4) is 0 Å². The average Bonchev–Trinajstić information content (AvgIpc) is 3.29. The van der Waals surface area contributed by atoms with Crippen LogP contribution < -0.4 is 5.69 Å². The summed E-state index contributed by atoms with van der Waals surface area (Å²) in [5.74, 6) is -0.0604. The molecule has 0 aromatic carbocycles. The van der Waals surface area contributed by atoms with Crippen LogP contribution in [-0.2, 0) is 11.3 Å². The predicted octanol–water partition coefficient (Wildman–Crippen LogP) is 1.33. The number of hydrogen-bond donors (Lipinski definition) is 0. The zero-order chi connectivity index (χ0) is 18.8. The molecule has 27 heavy (non-hydrogen) atoms. The van der Waals surface area contributed by atoms with Crippen LogP contribution in [0.1, 0.15) is 22.8 Å². The summed E-state index contributed by atoms with van der Waals surface area (Å²) in [6.07, 6.45) is 5.61. The topological polar surface area (TPSA) is 82.2 Å². The second-order valence-corrected chi connectivity index (χ2v) is 6.58. The van der Waals surface area contributed by atoms with Gasteiger partial charge in [-0.2, -0.15) is 0 Å². The van der Waals surface area contributed by atoms with Gasteiger partial charge >= 0.3 is 5.69 Å². The molecule has 0 spiro atoms. The summed E-state index contributed by atoms with van der Waals surface area (Å²) in [4.78, 5) is 35.9. The van der Waals surface area contributed by atoms with E-state index in [1.165, 1.54) is 0 Å². The molecular weight excluding hydrogens is 346 g/mol. The van der Waals surface area contributed by atoms with Crippen LogP contribution in [-0.4, -0.2) is 56.7 Å². The molecule has 1 fully saturated rings. The number of rotatable bonds is 5. The van der Waals surface area contributed by atoms with E-state index >= 15 is 0 Å². The van der Waals surface area contributed by atoms with Crippen LogP contribution in [0.15, 0.2) is 47.7 Å². The third kappa shape index (κ3) is 3.12. The molecule has 8 heteroatoms. The highest BCUT2D eigenvalue weighted by Gasteiger charge is 2.31. The normalized spacial score (nSPS) is 16.9. The fraction of sp³-hybridized carbons (Fsp3) is 0.368. The molecule has 0 N–H and O–H groups in total. The zero-order valence-corrected chi connectivity index (χ0v) is 15.1. The van der Waals surface area contributed by atoms with E-state index in [-0.39, 0.29) is 17.6 Å². The fourth-order valence-electron chi connectivity index (χ4n) is 3.65. The van der Waals surface area contributed by atoms with Gasteiger partial charge < -0.3 is 9.64 Å². The van der Waals surface area contributed by atoms with Crippen molar-refractivity contribution < 1.29 is 9.53 Å². The largest absolute Gasteiger partial charge is 0.383 e. The van der Waals surface area contributed by atoms with Crippen LogP contribution in [0.4, 0.5) is 0 Å². The zero-order valence-electron chi connectivity index (χ0n) is 15.1. The number of methoxy groups -OCH3 is 1. The standard InChI is InChI=1S/C19H21N5O3/c1-27-11-10-23-16-5-3-8-21-17(16)24(19(23)26)15-6-9-22(13-15)18(25)14-4-2-7-20-12-14/h2-5,7-8,12,15H,6,9-11,13H2,1H3/t15-/m1/s1. The second kappa shape index (κ2) is 7.32. The van der Waals surface area contributed by atoms with Crippen molar-refractivity contribution in [3.05, 3.63) is 58.9 Å². The minimum absolute atomic E-state index is 0.0604. The summed E-state index contributed by atoms with van der Waals surface area (Å²) in [6.45, 7) is 2.00. The molecule has 1 aliphatic rings. The second-order valence-electron chi connectivity index (χ2n) is 6.58. The molecule has 1 amide bonds. The molecule has 1 aliphatic heterocycles. The van der Waals surface area contributed by atoms with Crippen molar-refractivity contribution in [2.75, 3.05) is 26.8 Å². The minimum Gasteiger partial charge on any atom is -0.383 e. The number of ether oxygens (including phenoxy) is 1. The first kappa shape index (κ1) is 17.4. The molecule has 8 nitrogen and oxygen atoms in total. The molecule has 0 saturated carbocycles. The number of carbonyl (C=O) groups is 1. The van der Waals surface area contributed by atoms with Crippen LogP contribution in [0.25, 0.3) is 11.2 Å². The van der Waals surface area contributed by atoms with Crippen LogP contribution >= 0.6 is 0 Å². The summed E-state index contributed by atoms with van der Waals surface area (Å²) in [7, 11) is 1.61. The highest BCUT2D eigenvalue weighted by atomic mass is 16.5. The van der Waals surface area contributed by atoms with E-state index in [2.05, 4.69) is 9.97 Å². The first-order valence-electron chi connectivity index (χ1n) is 8.94. The number of amides is 1. The Bertz CT molecular complexity index is 1010. The number of pyridine rings is 2. The Morgan fingerprint density at radius 2 is 2.15 bits per heavy atom. The first-order valence-corrected chi connectivity index (χ1v) is 8.94. The average molecular weight is 367 g/mol. The van der Waals surface area contributed by atoms with E-state index in [1.807, 2.05) is 12.1 Å². The van der Waals surface area contributed by atoms with E-state index < -0.39 is 0 Å². The maximum Gasteiger partial charge on any atom is 0.330 e. The smallest absolute Gasteiger partial charge is 0.330 e. The lowest BCUT2D eigenvalue weighted by Gasteiger charge is -2.16. The molecule has 0 bridgehead atoms. The van der Waals surface area contributed by atoms with Crippen LogP contribution in [0.5, 0.6) is 0 Å². The van der Waals surface area contributed by atoms with Crippen molar-refractivity contribution in [1.82, 2.24) is 24.0 Å². The van der Waals surface area contributed by atoms with Gasteiger partial charge in [0.05, 0.1) is 30.3 Å².